The smallest absolute Gasteiger partial charge is 0.272 e. The second kappa shape index (κ2) is 13.1. The van der Waals surface area contributed by atoms with E-state index in [1.165, 1.54) is 42.1 Å². The predicted molar refractivity (Wildman–Crippen MR) is 133 cm³/mol. The number of ketones is 1. The van der Waals surface area contributed by atoms with Gasteiger partial charge in [-0.15, -0.1) is 0 Å². The maximum Gasteiger partial charge on any atom is 0.272 e. The highest BCUT2D eigenvalue weighted by atomic mass is 32.2. The molecule has 0 bridgehead atoms. The van der Waals surface area contributed by atoms with E-state index in [0.29, 0.717) is 24.5 Å². The van der Waals surface area contributed by atoms with Gasteiger partial charge in [0.1, 0.15) is 23.4 Å². The number of hydrogen-bond acceptors (Lipinski definition) is 9. The van der Waals surface area contributed by atoms with Gasteiger partial charge < -0.3 is 20.7 Å². The number of ether oxygens (including phenoxy) is 1. The van der Waals surface area contributed by atoms with Crippen LogP contribution in [0.1, 0.15) is 37.7 Å². The molecule has 1 fully saturated rings. The van der Waals surface area contributed by atoms with Gasteiger partial charge in [0, 0.05) is 23.9 Å². The zero-order valence-corrected chi connectivity index (χ0v) is 21.8. The van der Waals surface area contributed by atoms with Crippen molar-refractivity contribution in [3.05, 3.63) is 24.3 Å². The van der Waals surface area contributed by atoms with E-state index in [4.69, 9.17) is 4.74 Å². The van der Waals surface area contributed by atoms with Crippen LogP contribution in [0, 0.1) is 5.92 Å². The van der Waals surface area contributed by atoms with Gasteiger partial charge in [-0.1, -0.05) is 13.8 Å². The van der Waals surface area contributed by atoms with Crippen molar-refractivity contribution in [1.82, 2.24) is 25.9 Å². The second-order valence-corrected chi connectivity index (χ2v) is 10.5. The molecule has 10 nitrogen and oxygen atoms in total. The molecule has 1 aromatic heterocycles. The number of carbonyl (C=O) groups excluding carboxylic acids is 4. The molecule has 0 saturated carbocycles. The van der Waals surface area contributed by atoms with Gasteiger partial charge in [-0.2, -0.15) is 23.5 Å². The Balaban J connectivity index is 2.08. The molecule has 2 heterocycles. The summed E-state index contributed by atoms with van der Waals surface area (Å²) in [6, 6.07) is -2.47. The minimum absolute atomic E-state index is 0.0886. The maximum absolute atomic E-state index is 13.1. The van der Waals surface area contributed by atoms with E-state index in [1.54, 1.807) is 6.92 Å². The Labute approximate surface area is 208 Å². The zero-order valence-electron chi connectivity index (χ0n) is 20.1. The molecule has 3 amide bonds. The van der Waals surface area contributed by atoms with Gasteiger partial charge in [0.2, 0.25) is 11.8 Å². The molecule has 3 N–H and O–H groups in total. The number of amides is 3. The molecule has 0 spiro atoms. The van der Waals surface area contributed by atoms with Gasteiger partial charge in [-0.25, -0.2) is 4.98 Å². The number of aromatic nitrogens is 2. The van der Waals surface area contributed by atoms with Gasteiger partial charge >= 0.3 is 0 Å². The van der Waals surface area contributed by atoms with Crippen LogP contribution in [0.25, 0.3) is 0 Å². The van der Waals surface area contributed by atoms with Gasteiger partial charge in [-0.05, 0) is 31.8 Å². The normalized spacial score (nSPS) is 19.6. The SMILES string of the molecule is CSC[C@@H](NC(=O)c1cnccn1)C(=O)N[C@H](CSC)C(=O)N[C@@H](CC(C)C)C(=O)[C@@]1(C)CO1. The number of thioether (sulfide) groups is 2. The molecule has 1 saturated heterocycles. The summed E-state index contributed by atoms with van der Waals surface area (Å²) < 4.78 is 5.28. The summed E-state index contributed by atoms with van der Waals surface area (Å²) in [5.74, 6) is -0.867. The molecule has 4 atom stereocenters. The van der Waals surface area contributed by atoms with E-state index in [0.717, 1.165) is 0 Å². The summed E-state index contributed by atoms with van der Waals surface area (Å²) in [6.07, 6.45) is 8.23. The summed E-state index contributed by atoms with van der Waals surface area (Å²) in [6.45, 7) is 5.98. The van der Waals surface area contributed by atoms with Gasteiger partial charge in [0.15, 0.2) is 5.78 Å². The molecule has 1 aliphatic heterocycles. The summed E-state index contributed by atoms with van der Waals surface area (Å²) in [5, 5.41) is 8.20. The number of rotatable bonds is 14. The van der Waals surface area contributed by atoms with Gasteiger partial charge in [0.05, 0.1) is 18.8 Å². The maximum atomic E-state index is 13.1. The number of carbonyl (C=O) groups is 4. The predicted octanol–water partition coefficient (Wildman–Crippen LogP) is 0.675. The molecule has 188 valence electrons. The van der Waals surface area contributed by atoms with Crippen LogP contribution in [-0.4, -0.2) is 87.8 Å². The summed E-state index contributed by atoms with van der Waals surface area (Å²) in [5.41, 5.74) is -0.773. The first-order valence-corrected chi connectivity index (χ1v) is 13.7. The van der Waals surface area contributed by atoms with E-state index < -0.39 is 41.4 Å². The summed E-state index contributed by atoms with van der Waals surface area (Å²) in [4.78, 5) is 59.2. The van der Waals surface area contributed by atoms with Crippen molar-refractivity contribution >= 4 is 47.0 Å². The largest absolute Gasteiger partial charge is 0.361 e. The van der Waals surface area contributed by atoms with Crippen molar-refractivity contribution in [2.45, 2.75) is 50.9 Å². The van der Waals surface area contributed by atoms with Crippen LogP contribution in [0.3, 0.4) is 0 Å². The Bertz CT molecular complexity index is 867. The van der Waals surface area contributed by atoms with E-state index in [1.807, 2.05) is 26.4 Å². The van der Waals surface area contributed by atoms with Crippen LogP contribution in [0.2, 0.25) is 0 Å². The fourth-order valence-electron chi connectivity index (χ4n) is 3.21. The average molecular weight is 512 g/mol. The second-order valence-electron chi connectivity index (χ2n) is 8.66. The highest BCUT2D eigenvalue weighted by Gasteiger charge is 2.50. The number of hydrogen-bond donors (Lipinski definition) is 3. The summed E-state index contributed by atoms with van der Waals surface area (Å²) >= 11 is 2.77. The van der Waals surface area contributed by atoms with Crippen molar-refractivity contribution in [1.29, 1.82) is 0 Å². The molecule has 12 heteroatoms. The molecule has 2 rings (SSSR count). The molecule has 0 aliphatic carbocycles. The highest BCUT2D eigenvalue weighted by molar-refractivity contribution is 7.98. The van der Waals surface area contributed by atoms with Crippen LogP contribution in [-0.2, 0) is 19.1 Å². The van der Waals surface area contributed by atoms with Crippen LogP contribution in [0.5, 0.6) is 0 Å². The molecule has 0 unspecified atom stereocenters. The lowest BCUT2D eigenvalue weighted by atomic mass is 9.93. The molecule has 1 aliphatic rings. The van der Waals surface area contributed by atoms with E-state index in [-0.39, 0.29) is 17.4 Å². The van der Waals surface area contributed by atoms with E-state index in [9.17, 15) is 19.2 Å². The van der Waals surface area contributed by atoms with Crippen molar-refractivity contribution in [3.63, 3.8) is 0 Å². The first kappa shape index (κ1) is 28.1. The quantitative estimate of drug-likeness (QED) is 0.307. The van der Waals surface area contributed by atoms with E-state index >= 15 is 0 Å². The minimum atomic E-state index is -0.881. The standard InChI is InChI=1S/C22H33N5O5S2/c1-13(2)8-14(18(28)22(3)12-32-22)25-20(30)16(10-33-4)27-21(31)17(11-34-5)26-19(29)15-9-23-6-7-24-15/h6-7,9,13-14,16-17H,8,10-12H2,1-5H3,(H,25,30)(H,26,29)(H,27,31)/t14-,16+,17+,22+/m0/s1. The summed E-state index contributed by atoms with van der Waals surface area (Å²) in [7, 11) is 0. The first-order chi connectivity index (χ1) is 16.1. The Morgan fingerprint density at radius 1 is 1.00 bits per heavy atom. The zero-order chi connectivity index (χ0) is 25.3. The van der Waals surface area contributed by atoms with Gasteiger partial charge in [0.25, 0.3) is 5.91 Å². The van der Waals surface area contributed by atoms with Crippen LogP contribution in [0.4, 0.5) is 0 Å². The molecule has 0 aromatic carbocycles. The average Bonchev–Trinajstić information content (AvgIpc) is 3.56. The highest BCUT2D eigenvalue weighted by Crippen LogP contribution is 2.29. The van der Waals surface area contributed by atoms with Crippen molar-refractivity contribution < 1.29 is 23.9 Å². The number of epoxide rings is 1. The van der Waals surface area contributed by atoms with Crippen LogP contribution in [0.15, 0.2) is 18.6 Å². The Morgan fingerprint density at radius 3 is 2.03 bits per heavy atom. The Kier molecular flexibility index (Phi) is 10.8. The molecular weight excluding hydrogens is 478 g/mol. The third-order valence-corrected chi connectivity index (χ3v) is 6.49. The van der Waals surface area contributed by atoms with Crippen molar-refractivity contribution in [3.8, 4) is 0 Å². The number of nitrogens with one attached hydrogen (secondary N) is 3. The topological polar surface area (TPSA) is 143 Å². The third-order valence-electron chi connectivity index (χ3n) is 5.16. The number of nitrogens with zero attached hydrogens (tertiary/aromatic N) is 2. The molecular formula is C22H33N5O5S2. The number of Topliss-reactive ketones (excluding diaryl/α,β-unsaturated/α-hetero) is 1. The van der Waals surface area contributed by atoms with Gasteiger partial charge in [-0.3, -0.25) is 24.2 Å². The van der Waals surface area contributed by atoms with Crippen molar-refractivity contribution in [2.75, 3.05) is 30.6 Å². The third kappa shape index (κ3) is 8.24. The fourth-order valence-corrected chi connectivity index (χ4v) is 4.35. The first-order valence-electron chi connectivity index (χ1n) is 10.9. The lowest BCUT2D eigenvalue weighted by Gasteiger charge is -2.26. The minimum Gasteiger partial charge on any atom is -0.361 e. The van der Waals surface area contributed by atoms with Crippen LogP contribution < -0.4 is 16.0 Å². The lowest BCUT2D eigenvalue weighted by Crippen LogP contribution is -2.58. The molecule has 1 aromatic rings. The molecule has 34 heavy (non-hydrogen) atoms. The molecule has 0 radical (unpaired) electrons. The van der Waals surface area contributed by atoms with E-state index in [2.05, 4.69) is 25.9 Å². The van der Waals surface area contributed by atoms with Crippen molar-refractivity contribution in [2.24, 2.45) is 5.92 Å². The monoisotopic (exact) mass is 511 g/mol. The lowest BCUT2D eigenvalue weighted by molar-refractivity contribution is -0.133. The van der Waals surface area contributed by atoms with Crippen LogP contribution >= 0.6 is 23.5 Å². The Morgan fingerprint density at radius 2 is 1.56 bits per heavy atom. The Hall–Kier alpha value is -2.18. The fraction of sp³-hybridized carbons (Fsp3) is 0.636.